The Hall–Kier alpha value is -1.25. The van der Waals surface area contributed by atoms with Gasteiger partial charge in [-0.3, -0.25) is 0 Å². The number of ether oxygens (including phenoxy) is 1. The second-order valence-electron chi connectivity index (χ2n) is 4.67. The fraction of sp³-hybridized carbons (Fsp3) is 0.583. The van der Waals surface area contributed by atoms with Crippen molar-refractivity contribution < 1.29 is 9.53 Å². The van der Waals surface area contributed by atoms with E-state index in [0.717, 1.165) is 17.5 Å². The lowest BCUT2D eigenvalue weighted by atomic mass is 10.1. The average molecular weight is 209 g/mol. The molecule has 1 aromatic heterocycles. The first-order valence-electron chi connectivity index (χ1n) is 5.25. The zero-order chi connectivity index (χ0) is 11.6. The van der Waals surface area contributed by atoms with E-state index >= 15 is 0 Å². The summed E-state index contributed by atoms with van der Waals surface area (Å²) >= 11 is 0. The van der Waals surface area contributed by atoms with E-state index in [1.165, 1.54) is 0 Å². The predicted molar refractivity (Wildman–Crippen MR) is 60.1 cm³/mol. The van der Waals surface area contributed by atoms with Crippen LogP contribution in [-0.4, -0.2) is 16.6 Å². The summed E-state index contributed by atoms with van der Waals surface area (Å²) in [4.78, 5) is 14.7. The highest BCUT2D eigenvalue weighted by molar-refractivity contribution is 5.89. The normalized spacial score (nSPS) is 11.5. The van der Waals surface area contributed by atoms with Gasteiger partial charge in [0.2, 0.25) is 0 Å². The number of esters is 1. The van der Waals surface area contributed by atoms with Crippen LogP contribution in [0.5, 0.6) is 0 Å². The zero-order valence-electron chi connectivity index (χ0n) is 10.1. The Morgan fingerprint density at radius 1 is 1.47 bits per heavy atom. The molecule has 1 N–H and O–H groups in total. The molecular formula is C12H19NO2. The third-order valence-electron chi connectivity index (χ3n) is 2.23. The number of rotatable bonds is 2. The van der Waals surface area contributed by atoms with Gasteiger partial charge in [-0.1, -0.05) is 6.92 Å². The van der Waals surface area contributed by atoms with Crippen molar-refractivity contribution >= 4 is 5.97 Å². The van der Waals surface area contributed by atoms with Crippen molar-refractivity contribution in [3.63, 3.8) is 0 Å². The summed E-state index contributed by atoms with van der Waals surface area (Å²) in [5.41, 5.74) is 2.28. The number of H-pyrrole nitrogens is 1. The molecule has 0 saturated heterocycles. The van der Waals surface area contributed by atoms with Crippen molar-refractivity contribution in [1.82, 2.24) is 4.98 Å². The topological polar surface area (TPSA) is 42.1 Å². The molecular weight excluding hydrogens is 190 g/mol. The van der Waals surface area contributed by atoms with Gasteiger partial charge >= 0.3 is 5.97 Å². The number of aromatic amines is 1. The van der Waals surface area contributed by atoms with Crippen molar-refractivity contribution in [3.8, 4) is 0 Å². The smallest absolute Gasteiger partial charge is 0.355 e. The summed E-state index contributed by atoms with van der Waals surface area (Å²) in [5, 5.41) is 0. The fourth-order valence-corrected chi connectivity index (χ4v) is 1.44. The van der Waals surface area contributed by atoms with Gasteiger partial charge in [0.25, 0.3) is 0 Å². The number of hydrogen-bond donors (Lipinski definition) is 1. The van der Waals surface area contributed by atoms with Crippen LogP contribution >= 0.6 is 0 Å². The van der Waals surface area contributed by atoms with Gasteiger partial charge in [-0.15, -0.1) is 0 Å². The Labute approximate surface area is 90.8 Å². The van der Waals surface area contributed by atoms with Crippen molar-refractivity contribution in [2.45, 2.75) is 46.6 Å². The molecule has 3 nitrogen and oxygen atoms in total. The van der Waals surface area contributed by atoms with Crippen LogP contribution in [0.3, 0.4) is 0 Å². The minimum absolute atomic E-state index is 0.278. The van der Waals surface area contributed by atoms with Gasteiger partial charge in [-0.05, 0) is 45.2 Å². The van der Waals surface area contributed by atoms with Gasteiger partial charge in [-0.2, -0.15) is 0 Å². The number of hydrogen-bond acceptors (Lipinski definition) is 2. The van der Waals surface area contributed by atoms with Crippen LogP contribution in [0.25, 0.3) is 0 Å². The SMILES string of the molecule is CCc1c[nH]c(C(=O)OC(C)(C)C)c1C. The molecule has 3 heteroatoms. The van der Waals surface area contributed by atoms with Gasteiger partial charge in [0.15, 0.2) is 0 Å². The largest absolute Gasteiger partial charge is 0.455 e. The van der Waals surface area contributed by atoms with E-state index in [1.807, 2.05) is 33.9 Å². The third-order valence-corrected chi connectivity index (χ3v) is 2.23. The summed E-state index contributed by atoms with van der Waals surface area (Å²) in [6.45, 7) is 9.60. The van der Waals surface area contributed by atoms with E-state index in [1.54, 1.807) is 0 Å². The van der Waals surface area contributed by atoms with Gasteiger partial charge in [-0.25, -0.2) is 4.79 Å². The molecule has 0 aliphatic rings. The molecule has 0 radical (unpaired) electrons. The minimum atomic E-state index is -0.443. The molecule has 0 saturated carbocycles. The highest BCUT2D eigenvalue weighted by Gasteiger charge is 2.21. The summed E-state index contributed by atoms with van der Waals surface area (Å²) in [6.07, 6.45) is 2.79. The van der Waals surface area contributed by atoms with Crippen LogP contribution < -0.4 is 0 Å². The average Bonchev–Trinajstić information content (AvgIpc) is 2.43. The monoisotopic (exact) mass is 209 g/mol. The van der Waals surface area contributed by atoms with Gasteiger partial charge < -0.3 is 9.72 Å². The van der Waals surface area contributed by atoms with Crippen molar-refractivity contribution in [2.75, 3.05) is 0 Å². The van der Waals surface area contributed by atoms with Crippen LogP contribution in [0.1, 0.15) is 49.3 Å². The van der Waals surface area contributed by atoms with Crippen molar-refractivity contribution in [1.29, 1.82) is 0 Å². The lowest BCUT2D eigenvalue weighted by molar-refractivity contribution is 0.00628. The highest BCUT2D eigenvalue weighted by atomic mass is 16.6. The summed E-state index contributed by atoms with van der Waals surface area (Å²) < 4.78 is 5.29. The second-order valence-corrected chi connectivity index (χ2v) is 4.67. The summed E-state index contributed by atoms with van der Waals surface area (Å²) in [7, 11) is 0. The van der Waals surface area contributed by atoms with Crippen molar-refractivity contribution in [2.24, 2.45) is 0 Å². The van der Waals surface area contributed by atoms with Gasteiger partial charge in [0.05, 0.1) is 0 Å². The molecule has 0 bridgehead atoms. The quantitative estimate of drug-likeness (QED) is 0.761. The zero-order valence-corrected chi connectivity index (χ0v) is 10.1. The molecule has 0 fully saturated rings. The number of carbonyl (C=O) groups is 1. The first-order valence-corrected chi connectivity index (χ1v) is 5.25. The van der Waals surface area contributed by atoms with Crippen LogP contribution in [0.2, 0.25) is 0 Å². The molecule has 0 aliphatic heterocycles. The molecule has 15 heavy (non-hydrogen) atoms. The van der Waals surface area contributed by atoms with E-state index in [0.29, 0.717) is 5.69 Å². The molecule has 1 rings (SSSR count). The van der Waals surface area contributed by atoms with E-state index in [4.69, 9.17) is 4.74 Å². The summed E-state index contributed by atoms with van der Waals surface area (Å²) in [6, 6.07) is 0. The molecule has 0 unspecified atom stereocenters. The maximum atomic E-state index is 11.8. The van der Waals surface area contributed by atoms with Crippen LogP contribution in [0, 0.1) is 6.92 Å². The highest BCUT2D eigenvalue weighted by Crippen LogP contribution is 2.17. The van der Waals surface area contributed by atoms with E-state index < -0.39 is 5.60 Å². The predicted octanol–water partition coefficient (Wildman–Crippen LogP) is 2.84. The molecule has 1 aromatic rings. The Morgan fingerprint density at radius 3 is 2.47 bits per heavy atom. The summed E-state index contributed by atoms with van der Waals surface area (Å²) in [5.74, 6) is -0.278. The first-order chi connectivity index (χ1) is 6.85. The van der Waals surface area contributed by atoms with Crippen LogP contribution in [0.15, 0.2) is 6.20 Å². The molecule has 0 atom stereocenters. The molecule has 0 spiro atoms. The molecule has 84 valence electrons. The van der Waals surface area contributed by atoms with Gasteiger partial charge in [0, 0.05) is 6.20 Å². The Balaban J connectivity index is 2.88. The standard InChI is InChI=1S/C12H19NO2/c1-6-9-7-13-10(8(9)2)11(14)15-12(3,4)5/h7,13H,6H2,1-5H3. The second kappa shape index (κ2) is 4.09. The van der Waals surface area contributed by atoms with E-state index in [2.05, 4.69) is 11.9 Å². The number of nitrogens with one attached hydrogen (secondary N) is 1. The van der Waals surface area contributed by atoms with Crippen LogP contribution in [-0.2, 0) is 11.2 Å². The van der Waals surface area contributed by atoms with Gasteiger partial charge in [0.1, 0.15) is 11.3 Å². The third kappa shape index (κ3) is 2.85. The maximum Gasteiger partial charge on any atom is 0.355 e. The number of carbonyl (C=O) groups excluding carboxylic acids is 1. The lowest BCUT2D eigenvalue weighted by Crippen LogP contribution is -2.24. The number of aryl methyl sites for hydroxylation is 1. The molecule has 0 aliphatic carbocycles. The minimum Gasteiger partial charge on any atom is -0.455 e. The first kappa shape index (κ1) is 11.8. The maximum absolute atomic E-state index is 11.8. The van der Waals surface area contributed by atoms with E-state index in [-0.39, 0.29) is 5.97 Å². The molecule has 0 aromatic carbocycles. The Kier molecular flexibility index (Phi) is 3.22. The molecule has 1 heterocycles. The number of aromatic nitrogens is 1. The Bertz CT molecular complexity index is 358. The van der Waals surface area contributed by atoms with Crippen molar-refractivity contribution in [3.05, 3.63) is 23.0 Å². The fourth-order valence-electron chi connectivity index (χ4n) is 1.44. The molecule has 0 amide bonds. The lowest BCUT2D eigenvalue weighted by Gasteiger charge is -2.19. The van der Waals surface area contributed by atoms with Crippen LogP contribution in [0.4, 0.5) is 0 Å². The van der Waals surface area contributed by atoms with E-state index in [9.17, 15) is 4.79 Å². The Morgan fingerprint density at radius 2 is 2.07 bits per heavy atom.